The summed E-state index contributed by atoms with van der Waals surface area (Å²) < 4.78 is 0. The topological polar surface area (TPSA) is 0 Å². The minimum atomic E-state index is 0.0779. The van der Waals surface area contributed by atoms with Crippen molar-refractivity contribution < 1.29 is 0 Å². The molecule has 0 aliphatic heterocycles. The summed E-state index contributed by atoms with van der Waals surface area (Å²) in [6.07, 6.45) is 42.1. The van der Waals surface area contributed by atoms with Crippen molar-refractivity contribution in [2.24, 2.45) is 0 Å². The third kappa shape index (κ3) is 14.6. The molecule has 0 atom stereocenters. The van der Waals surface area contributed by atoms with E-state index in [1.54, 1.807) is 11.1 Å². The molecule has 0 heterocycles. The van der Waals surface area contributed by atoms with Gasteiger partial charge in [-0.1, -0.05) is 279 Å². The van der Waals surface area contributed by atoms with Gasteiger partial charge in [-0.2, -0.15) is 0 Å². The average molecular weight is 767 g/mol. The van der Waals surface area contributed by atoms with Crippen LogP contribution < -0.4 is 0 Å². The van der Waals surface area contributed by atoms with E-state index >= 15 is 0 Å². The van der Waals surface area contributed by atoms with Crippen LogP contribution in [0.5, 0.6) is 0 Å². The molecule has 310 valence electrons. The van der Waals surface area contributed by atoms with Gasteiger partial charge in [0, 0.05) is 5.41 Å². The number of benzene rings is 4. The maximum atomic E-state index is 2.61. The number of hydrogen-bond acceptors (Lipinski definition) is 0. The minimum absolute atomic E-state index is 0.0779. The molecule has 0 N–H and O–H groups in total. The molecule has 0 nitrogen and oxygen atoms in total. The molecule has 0 amide bonds. The molecule has 4 aromatic carbocycles. The van der Waals surface area contributed by atoms with Gasteiger partial charge < -0.3 is 0 Å². The Labute approximate surface area is 352 Å². The van der Waals surface area contributed by atoms with Crippen molar-refractivity contribution in [3.63, 3.8) is 0 Å². The molecule has 0 saturated carbocycles. The van der Waals surface area contributed by atoms with Gasteiger partial charge in [-0.3, -0.25) is 0 Å². The fourth-order valence-electron chi connectivity index (χ4n) is 10.0. The van der Waals surface area contributed by atoms with Crippen molar-refractivity contribution >= 4 is 0 Å². The number of hydrogen-bond donors (Lipinski definition) is 0. The largest absolute Gasteiger partial charge is 0.0654 e. The maximum Gasteiger partial charge on any atom is 0.0215 e. The summed E-state index contributed by atoms with van der Waals surface area (Å²) in [5.74, 6) is 0. The zero-order valence-electron chi connectivity index (χ0n) is 37.0. The molecule has 0 radical (unpaired) electrons. The highest BCUT2D eigenvalue weighted by molar-refractivity contribution is 5.86. The lowest BCUT2D eigenvalue weighted by molar-refractivity contribution is 0.397. The Bertz CT molecular complexity index is 1490. The fraction of sp³-hybridized carbons (Fsp3) is 0.579. The first kappa shape index (κ1) is 45.0. The van der Waals surface area contributed by atoms with Gasteiger partial charge in [0.1, 0.15) is 0 Å². The highest BCUT2D eigenvalue weighted by atomic mass is 14.5. The third-order valence-corrected chi connectivity index (χ3v) is 13.5. The number of fused-ring (bicyclic) bond motifs is 3. The second-order valence-corrected chi connectivity index (χ2v) is 18.0. The lowest BCUT2D eigenvalue weighted by Gasteiger charge is -2.33. The minimum Gasteiger partial charge on any atom is -0.0654 e. The molecule has 0 saturated heterocycles. The van der Waals surface area contributed by atoms with Crippen molar-refractivity contribution in [3.8, 4) is 33.4 Å². The van der Waals surface area contributed by atoms with Crippen LogP contribution in [0.3, 0.4) is 0 Å². The molecule has 0 spiro atoms. The van der Waals surface area contributed by atoms with Gasteiger partial charge in [0.05, 0.1) is 0 Å². The van der Waals surface area contributed by atoms with E-state index in [0.717, 1.165) is 0 Å². The van der Waals surface area contributed by atoms with Crippen molar-refractivity contribution in [3.05, 3.63) is 108 Å². The van der Waals surface area contributed by atoms with Gasteiger partial charge in [0.15, 0.2) is 0 Å². The monoisotopic (exact) mass is 767 g/mol. The van der Waals surface area contributed by atoms with Crippen LogP contribution in [-0.2, 0) is 5.41 Å². The molecule has 0 heteroatoms. The van der Waals surface area contributed by atoms with Crippen molar-refractivity contribution in [1.82, 2.24) is 0 Å². The van der Waals surface area contributed by atoms with Crippen molar-refractivity contribution in [1.29, 1.82) is 0 Å². The molecule has 4 aromatic rings. The Morgan fingerprint density at radius 2 is 0.561 bits per heavy atom. The van der Waals surface area contributed by atoms with E-state index in [2.05, 4.69) is 111 Å². The highest BCUT2D eigenvalue weighted by Crippen LogP contribution is 2.55. The van der Waals surface area contributed by atoms with Crippen LogP contribution in [0.15, 0.2) is 97.1 Å². The summed E-state index contributed by atoms with van der Waals surface area (Å²) in [6.45, 7) is 4.63. The molecule has 57 heavy (non-hydrogen) atoms. The van der Waals surface area contributed by atoms with Gasteiger partial charge in [-0.25, -0.2) is 0 Å². The molecule has 0 bridgehead atoms. The van der Waals surface area contributed by atoms with E-state index in [1.807, 2.05) is 0 Å². The fourth-order valence-corrected chi connectivity index (χ4v) is 10.0. The maximum absolute atomic E-state index is 2.61. The predicted octanol–water partition coefficient (Wildman–Crippen LogP) is 19.0. The van der Waals surface area contributed by atoms with Gasteiger partial charge in [0.25, 0.3) is 0 Å². The number of unbranched alkanes of at least 4 members (excludes halogenated alkanes) is 26. The summed E-state index contributed by atoms with van der Waals surface area (Å²) in [4.78, 5) is 0. The van der Waals surface area contributed by atoms with Crippen molar-refractivity contribution in [2.45, 2.75) is 212 Å². The predicted molar refractivity (Wildman–Crippen MR) is 253 cm³/mol. The van der Waals surface area contributed by atoms with Crippen LogP contribution in [0.1, 0.15) is 218 Å². The lowest BCUT2D eigenvalue weighted by atomic mass is 9.70. The van der Waals surface area contributed by atoms with E-state index in [0.29, 0.717) is 0 Å². The Morgan fingerprint density at radius 1 is 0.281 bits per heavy atom. The summed E-state index contributed by atoms with van der Waals surface area (Å²) in [5, 5.41) is 0. The SMILES string of the molecule is CCCCCCCCCCCCCCCCC1(CCCCCCCCCCCCCCCC)c2cc(-c3ccccc3)ccc2-c2ccc(-c3ccccc3)cc21. The van der Waals surface area contributed by atoms with Crippen molar-refractivity contribution in [2.75, 3.05) is 0 Å². The van der Waals surface area contributed by atoms with E-state index in [-0.39, 0.29) is 5.41 Å². The Hall–Kier alpha value is -3.12. The Kier molecular flexibility index (Phi) is 21.1. The van der Waals surface area contributed by atoms with Gasteiger partial charge in [-0.05, 0) is 69.5 Å². The smallest absolute Gasteiger partial charge is 0.0215 e. The third-order valence-electron chi connectivity index (χ3n) is 13.5. The zero-order valence-corrected chi connectivity index (χ0v) is 37.0. The van der Waals surface area contributed by atoms with E-state index in [4.69, 9.17) is 0 Å². The molecule has 5 rings (SSSR count). The van der Waals surface area contributed by atoms with E-state index in [1.165, 1.54) is 226 Å². The molecule has 0 aromatic heterocycles. The summed E-state index contributed by atoms with van der Waals surface area (Å²) in [7, 11) is 0. The lowest BCUT2D eigenvalue weighted by Crippen LogP contribution is -2.25. The average Bonchev–Trinajstić information content (AvgIpc) is 3.52. The first-order valence-corrected chi connectivity index (χ1v) is 24.7. The first-order chi connectivity index (χ1) is 28.3. The van der Waals surface area contributed by atoms with Crippen LogP contribution >= 0.6 is 0 Å². The van der Waals surface area contributed by atoms with Crippen LogP contribution in [0, 0.1) is 0 Å². The van der Waals surface area contributed by atoms with Gasteiger partial charge >= 0.3 is 0 Å². The summed E-state index contributed by atoms with van der Waals surface area (Å²) in [6, 6.07) is 37.2. The second-order valence-electron chi connectivity index (χ2n) is 18.0. The Morgan fingerprint density at radius 3 is 0.860 bits per heavy atom. The molecular formula is C57H82. The zero-order chi connectivity index (χ0) is 39.6. The normalized spacial score (nSPS) is 12.9. The van der Waals surface area contributed by atoms with Gasteiger partial charge in [-0.15, -0.1) is 0 Å². The van der Waals surface area contributed by atoms with E-state index in [9.17, 15) is 0 Å². The molecule has 0 fully saturated rings. The summed E-state index contributed by atoms with van der Waals surface area (Å²) >= 11 is 0. The number of rotatable bonds is 32. The summed E-state index contributed by atoms with van der Waals surface area (Å²) in [5.41, 5.74) is 11.7. The van der Waals surface area contributed by atoms with Crippen LogP contribution in [0.2, 0.25) is 0 Å². The highest BCUT2D eigenvalue weighted by Gasteiger charge is 2.42. The van der Waals surface area contributed by atoms with Crippen LogP contribution in [0.4, 0.5) is 0 Å². The van der Waals surface area contributed by atoms with Crippen LogP contribution in [-0.4, -0.2) is 0 Å². The van der Waals surface area contributed by atoms with Crippen LogP contribution in [0.25, 0.3) is 33.4 Å². The molecule has 1 aliphatic carbocycles. The molecular weight excluding hydrogens is 685 g/mol. The standard InChI is InChI=1S/C57H82/c1-3-5-7-9-11-13-15-17-19-21-23-25-27-35-45-57(46-36-28-26-24-22-20-18-16-14-12-10-8-6-4-2)55-47-51(49-37-31-29-32-38-49)41-43-53(55)54-44-42-52(48-56(54)57)50-39-33-30-34-40-50/h29-34,37-44,47-48H,3-28,35-36,45-46H2,1-2H3. The first-order valence-electron chi connectivity index (χ1n) is 24.7. The quantitative estimate of drug-likeness (QED) is 0.0434. The van der Waals surface area contributed by atoms with Gasteiger partial charge in [0.2, 0.25) is 0 Å². The molecule has 1 aliphatic rings. The second kappa shape index (κ2) is 26.8. The molecule has 0 unspecified atom stereocenters. The Balaban J connectivity index is 1.22. The van der Waals surface area contributed by atoms with E-state index < -0.39 is 0 Å².